The summed E-state index contributed by atoms with van der Waals surface area (Å²) in [5, 5.41) is 9.01. The summed E-state index contributed by atoms with van der Waals surface area (Å²) < 4.78 is 11.7. The van der Waals surface area contributed by atoms with Crippen molar-refractivity contribution in [2.75, 3.05) is 32.7 Å². The molecule has 2 aliphatic heterocycles. The molecule has 0 N–H and O–H groups in total. The molecule has 4 rings (SSSR count). The predicted molar refractivity (Wildman–Crippen MR) is 127 cm³/mol. The second-order valence-corrected chi connectivity index (χ2v) is 10.6. The van der Waals surface area contributed by atoms with Gasteiger partial charge in [0.1, 0.15) is 23.5 Å². The molecule has 1 aromatic carbocycles. The highest BCUT2D eigenvalue weighted by atomic mass is 16.6. The number of likely N-dealkylation sites (tertiary alicyclic amines) is 1. The van der Waals surface area contributed by atoms with Crippen molar-refractivity contribution in [3.8, 4) is 11.8 Å². The molecule has 8 nitrogen and oxygen atoms in total. The first-order valence-electron chi connectivity index (χ1n) is 12.4. The Kier molecular flexibility index (Phi) is 7.32. The van der Waals surface area contributed by atoms with Crippen molar-refractivity contribution < 1.29 is 19.1 Å². The Bertz CT molecular complexity index is 916. The molecule has 0 radical (unpaired) electrons. The predicted octanol–water partition coefficient (Wildman–Crippen LogP) is 3.40. The molecule has 1 saturated carbocycles. The maximum absolute atomic E-state index is 13.6. The molecule has 3 aliphatic rings. The molecule has 1 aliphatic carbocycles. The average molecular weight is 469 g/mol. The minimum atomic E-state index is -0.650. The Labute approximate surface area is 202 Å². The summed E-state index contributed by atoms with van der Waals surface area (Å²) in [5.41, 5.74) is -0.0952. The van der Waals surface area contributed by atoms with Gasteiger partial charge in [-0.2, -0.15) is 5.26 Å². The molecule has 2 saturated heterocycles. The lowest BCUT2D eigenvalue weighted by atomic mass is 9.91. The van der Waals surface area contributed by atoms with Crippen molar-refractivity contribution in [3.05, 3.63) is 29.8 Å². The average Bonchev–Trinajstić information content (AvgIpc) is 3.02. The largest absolute Gasteiger partial charge is 0.488 e. The zero-order chi connectivity index (χ0) is 24.3. The van der Waals surface area contributed by atoms with E-state index in [4.69, 9.17) is 14.7 Å². The smallest absolute Gasteiger partial charge is 0.411 e. The number of rotatable bonds is 4. The highest BCUT2D eigenvalue weighted by Gasteiger charge is 2.44. The summed E-state index contributed by atoms with van der Waals surface area (Å²) >= 11 is 0. The lowest BCUT2D eigenvalue weighted by molar-refractivity contribution is -0.135. The van der Waals surface area contributed by atoms with Gasteiger partial charge in [0.2, 0.25) is 5.91 Å². The lowest BCUT2D eigenvalue weighted by Gasteiger charge is -2.37. The highest BCUT2D eigenvalue weighted by Crippen LogP contribution is 2.29. The van der Waals surface area contributed by atoms with E-state index in [2.05, 4.69) is 11.0 Å². The molecule has 184 valence electrons. The Balaban J connectivity index is 1.45. The standard InChI is InChI=1S/C26H36N4O4/c1-26(2,3)34-25(32)30-18-22(33-21-10-8-19(17-27)9-11-21)16-23(30)24(31)29-13-5-12-28(14-15-29)20-6-4-7-20/h8-11,20,22-23H,4-7,12-16,18H2,1-3H3/t22?,23-/m0/s1. The van der Waals surface area contributed by atoms with E-state index in [0.29, 0.717) is 36.9 Å². The number of nitrogens with zero attached hydrogens (tertiary/aromatic N) is 4. The van der Waals surface area contributed by atoms with Gasteiger partial charge in [-0.05, 0) is 64.3 Å². The van der Waals surface area contributed by atoms with E-state index in [1.54, 1.807) is 24.3 Å². The second-order valence-electron chi connectivity index (χ2n) is 10.6. The molecule has 2 heterocycles. The van der Waals surface area contributed by atoms with E-state index in [-0.39, 0.29) is 18.6 Å². The van der Waals surface area contributed by atoms with Gasteiger partial charge >= 0.3 is 6.09 Å². The summed E-state index contributed by atoms with van der Waals surface area (Å²) in [5.74, 6) is 0.597. The van der Waals surface area contributed by atoms with Gasteiger partial charge < -0.3 is 14.4 Å². The van der Waals surface area contributed by atoms with Gasteiger partial charge in [0.25, 0.3) is 0 Å². The van der Waals surface area contributed by atoms with Crippen LogP contribution in [0.5, 0.6) is 5.75 Å². The van der Waals surface area contributed by atoms with Crippen LogP contribution in [0.2, 0.25) is 0 Å². The third-order valence-electron chi connectivity index (χ3n) is 6.90. The number of carbonyl (C=O) groups excluding carboxylic acids is 2. The number of hydrogen-bond donors (Lipinski definition) is 0. The molecule has 34 heavy (non-hydrogen) atoms. The van der Waals surface area contributed by atoms with Crippen LogP contribution in [0.1, 0.15) is 58.4 Å². The number of ether oxygens (including phenoxy) is 2. The molecule has 0 bridgehead atoms. The van der Waals surface area contributed by atoms with Gasteiger partial charge in [-0.15, -0.1) is 0 Å². The van der Waals surface area contributed by atoms with Crippen LogP contribution in [0.4, 0.5) is 4.79 Å². The Morgan fingerprint density at radius 2 is 1.76 bits per heavy atom. The SMILES string of the molecule is CC(C)(C)OC(=O)N1CC(Oc2ccc(C#N)cc2)C[C@H]1C(=O)N1CCCN(C2CCC2)CC1. The highest BCUT2D eigenvalue weighted by molar-refractivity contribution is 5.86. The fourth-order valence-electron chi connectivity index (χ4n) is 4.93. The van der Waals surface area contributed by atoms with Gasteiger partial charge in [-0.1, -0.05) is 6.42 Å². The Hall–Kier alpha value is -2.79. The van der Waals surface area contributed by atoms with Crippen molar-refractivity contribution in [3.63, 3.8) is 0 Å². The third-order valence-corrected chi connectivity index (χ3v) is 6.90. The van der Waals surface area contributed by atoms with Crippen LogP contribution >= 0.6 is 0 Å². The van der Waals surface area contributed by atoms with Crippen molar-refractivity contribution in [1.82, 2.24) is 14.7 Å². The fourth-order valence-corrected chi connectivity index (χ4v) is 4.93. The maximum Gasteiger partial charge on any atom is 0.411 e. The number of amides is 2. The first kappa shape index (κ1) is 24.3. The number of carbonyl (C=O) groups is 2. The molecule has 0 spiro atoms. The molecule has 3 fully saturated rings. The monoisotopic (exact) mass is 468 g/mol. The van der Waals surface area contributed by atoms with Crippen LogP contribution in [0, 0.1) is 11.3 Å². The van der Waals surface area contributed by atoms with Gasteiger partial charge in [-0.3, -0.25) is 14.6 Å². The maximum atomic E-state index is 13.6. The van der Waals surface area contributed by atoms with Crippen LogP contribution in [-0.4, -0.2) is 83.2 Å². The Morgan fingerprint density at radius 1 is 1.03 bits per heavy atom. The minimum absolute atomic E-state index is 0.0211. The molecular formula is C26H36N4O4. The van der Waals surface area contributed by atoms with Crippen LogP contribution in [-0.2, 0) is 9.53 Å². The van der Waals surface area contributed by atoms with Crippen LogP contribution in [0.25, 0.3) is 0 Å². The molecule has 8 heteroatoms. The molecule has 1 aromatic rings. The molecular weight excluding hydrogens is 432 g/mol. The number of nitriles is 1. The number of benzene rings is 1. The summed E-state index contributed by atoms with van der Waals surface area (Å²) in [4.78, 5) is 32.7. The van der Waals surface area contributed by atoms with Crippen molar-refractivity contribution in [2.24, 2.45) is 0 Å². The van der Waals surface area contributed by atoms with Gasteiger partial charge in [0, 0.05) is 38.6 Å². The van der Waals surface area contributed by atoms with Gasteiger partial charge in [0.15, 0.2) is 0 Å². The van der Waals surface area contributed by atoms with Crippen molar-refractivity contribution in [2.45, 2.75) is 76.7 Å². The normalized spacial score (nSPS) is 24.2. The van der Waals surface area contributed by atoms with E-state index in [0.717, 1.165) is 19.5 Å². The van der Waals surface area contributed by atoms with E-state index in [9.17, 15) is 9.59 Å². The summed E-state index contributed by atoms with van der Waals surface area (Å²) in [6.07, 6.45) is 4.38. The van der Waals surface area contributed by atoms with Crippen LogP contribution in [0.3, 0.4) is 0 Å². The van der Waals surface area contributed by atoms with Gasteiger partial charge in [-0.25, -0.2) is 4.79 Å². The first-order valence-corrected chi connectivity index (χ1v) is 12.4. The summed E-state index contributed by atoms with van der Waals surface area (Å²) in [6.45, 7) is 9.08. The molecule has 1 unspecified atom stereocenters. The van der Waals surface area contributed by atoms with Crippen molar-refractivity contribution >= 4 is 12.0 Å². The lowest BCUT2D eigenvalue weighted by Crippen LogP contribution is -2.50. The van der Waals surface area contributed by atoms with Gasteiger partial charge in [0.05, 0.1) is 18.2 Å². The van der Waals surface area contributed by atoms with E-state index in [1.807, 2.05) is 25.7 Å². The third kappa shape index (κ3) is 5.82. The zero-order valence-corrected chi connectivity index (χ0v) is 20.5. The fraction of sp³-hybridized carbons (Fsp3) is 0.654. The van der Waals surface area contributed by atoms with Crippen LogP contribution < -0.4 is 4.74 Å². The van der Waals surface area contributed by atoms with Crippen molar-refractivity contribution in [1.29, 1.82) is 5.26 Å². The van der Waals surface area contributed by atoms with E-state index >= 15 is 0 Å². The zero-order valence-electron chi connectivity index (χ0n) is 20.5. The minimum Gasteiger partial charge on any atom is -0.488 e. The molecule has 2 atom stereocenters. The Morgan fingerprint density at radius 3 is 2.38 bits per heavy atom. The molecule has 2 amide bonds. The van der Waals surface area contributed by atoms with E-state index < -0.39 is 17.7 Å². The number of hydrogen-bond acceptors (Lipinski definition) is 6. The quantitative estimate of drug-likeness (QED) is 0.673. The summed E-state index contributed by atoms with van der Waals surface area (Å²) in [6, 6.07) is 9.05. The second kappa shape index (κ2) is 10.2. The first-order chi connectivity index (χ1) is 16.2. The van der Waals surface area contributed by atoms with E-state index in [1.165, 1.54) is 24.2 Å². The topological polar surface area (TPSA) is 86.1 Å². The molecule has 0 aromatic heterocycles. The van der Waals surface area contributed by atoms with Crippen LogP contribution in [0.15, 0.2) is 24.3 Å². The summed E-state index contributed by atoms with van der Waals surface area (Å²) in [7, 11) is 0.